The minimum atomic E-state index is -0.482. The van der Waals surface area contributed by atoms with E-state index in [1.165, 1.54) is 100.0 Å². The van der Waals surface area contributed by atoms with Gasteiger partial charge in [-0.15, -0.1) is 0 Å². The van der Waals surface area contributed by atoms with Crippen LogP contribution < -0.4 is 4.90 Å². The van der Waals surface area contributed by atoms with E-state index in [1.807, 2.05) is 0 Å². The molecule has 0 fully saturated rings. The molecule has 3 aliphatic rings. The van der Waals surface area contributed by atoms with Crippen molar-refractivity contribution in [1.82, 2.24) is 4.57 Å². The van der Waals surface area contributed by atoms with E-state index in [-0.39, 0.29) is 5.54 Å². The maximum atomic E-state index is 2.57. The van der Waals surface area contributed by atoms with Crippen LogP contribution >= 0.6 is 0 Å². The van der Waals surface area contributed by atoms with E-state index in [0.717, 1.165) is 12.1 Å². The fraction of sp³-hybridized carbons (Fsp3) is 0.0645. The summed E-state index contributed by atoms with van der Waals surface area (Å²) in [6, 6.07) is 81.1. The second-order valence-corrected chi connectivity index (χ2v) is 17.8. The molecule has 2 nitrogen and oxygen atoms in total. The molecular weight excluding hydrogens is 773 g/mol. The third-order valence-electron chi connectivity index (χ3n) is 14.4. The van der Waals surface area contributed by atoms with Crippen molar-refractivity contribution in [3.63, 3.8) is 0 Å². The second-order valence-electron chi connectivity index (χ2n) is 17.8. The van der Waals surface area contributed by atoms with Crippen LogP contribution in [0.4, 0.5) is 11.4 Å². The smallest absolute Gasteiger partial charge is 0.0715 e. The zero-order valence-corrected chi connectivity index (χ0v) is 35.6. The highest BCUT2D eigenvalue weighted by atomic mass is 15.2. The van der Waals surface area contributed by atoms with Crippen LogP contribution in [0.1, 0.15) is 41.2 Å². The Morgan fingerprint density at radius 1 is 0.453 bits per heavy atom. The van der Waals surface area contributed by atoms with Crippen molar-refractivity contribution in [2.45, 2.75) is 24.3 Å². The van der Waals surface area contributed by atoms with Gasteiger partial charge in [0.25, 0.3) is 0 Å². The number of benzene rings is 9. The van der Waals surface area contributed by atoms with Gasteiger partial charge < -0.3 is 9.47 Å². The Balaban J connectivity index is 1.03. The normalized spacial score (nSPS) is 16.6. The molecule has 64 heavy (non-hydrogen) atoms. The van der Waals surface area contributed by atoms with E-state index in [2.05, 4.69) is 253 Å². The third-order valence-corrected chi connectivity index (χ3v) is 14.4. The van der Waals surface area contributed by atoms with E-state index in [1.54, 1.807) is 0 Å². The highest BCUT2D eigenvalue weighted by Gasteiger charge is 2.48. The fourth-order valence-corrected chi connectivity index (χ4v) is 11.7. The first kappa shape index (κ1) is 36.7. The Hall–Kier alpha value is -7.94. The van der Waals surface area contributed by atoms with Crippen LogP contribution in [-0.2, 0) is 5.41 Å². The van der Waals surface area contributed by atoms with Gasteiger partial charge in [-0.25, -0.2) is 0 Å². The molecule has 13 rings (SSSR count). The average Bonchev–Trinajstić information content (AvgIpc) is 3.96. The predicted molar refractivity (Wildman–Crippen MR) is 268 cm³/mol. The molecule has 0 bridgehead atoms. The number of aromatic nitrogens is 1. The highest BCUT2D eigenvalue weighted by molar-refractivity contribution is 6.19. The number of nitrogens with zero attached hydrogens (tertiary/aromatic N) is 2. The van der Waals surface area contributed by atoms with Crippen LogP contribution in [0.3, 0.4) is 0 Å². The average molecular weight is 817 g/mol. The molecule has 9 aromatic carbocycles. The minimum Gasteiger partial charge on any atom is -0.331 e. The van der Waals surface area contributed by atoms with Crippen LogP contribution in [0.15, 0.2) is 237 Å². The van der Waals surface area contributed by atoms with Crippen molar-refractivity contribution in [3.05, 3.63) is 264 Å². The van der Waals surface area contributed by atoms with Crippen LogP contribution in [0.2, 0.25) is 0 Å². The number of allylic oxidation sites excluding steroid dienone is 2. The molecule has 2 aliphatic carbocycles. The third kappa shape index (κ3) is 5.14. The van der Waals surface area contributed by atoms with Gasteiger partial charge in [0, 0.05) is 33.4 Å². The van der Waals surface area contributed by atoms with E-state index in [9.17, 15) is 0 Å². The SMILES string of the molecule is CC12CC=CC=C1c1cc(-c3ccc4c(c3)c3c5c(ccc3n4-c3ccccc3)C(c3ccccc3)(c3ccccc3)c3ccccc3-5)ccc1N2c1ccc(-c2ccccc2)cc1. The number of fused-ring (bicyclic) bond motifs is 10. The number of rotatable bonds is 6. The van der Waals surface area contributed by atoms with Crippen molar-refractivity contribution in [3.8, 4) is 39.1 Å². The van der Waals surface area contributed by atoms with E-state index in [0.29, 0.717) is 0 Å². The molecule has 1 unspecified atom stereocenters. The molecule has 2 heteroatoms. The summed E-state index contributed by atoms with van der Waals surface area (Å²) < 4.78 is 2.47. The molecule has 0 spiro atoms. The fourth-order valence-electron chi connectivity index (χ4n) is 11.7. The first-order valence-corrected chi connectivity index (χ1v) is 22.5. The van der Waals surface area contributed by atoms with Crippen LogP contribution in [0, 0.1) is 0 Å². The van der Waals surface area contributed by atoms with Crippen LogP contribution in [0.25, 0.3) is 66.4 Å². The zero-order valence-electron chi connectivity index (χ0n) is 35.6. The summed E-state index contributed by atoms with van der Waals surface area (Å²) in [7, 11) is 0. The molecule has 0 N–H and O–H groups in total. The van der Waals surface area contributed by atoms with Gasteiger partial charge in [-0.3, -0.25) is 0 Å². The lowest BCUT2D eigenvalue weighted by Gasteiger charge is -2.39. The summed E-state index contributed by atoms with van der Waals surface area (Å²) in [5.74, 6) is 0. The van der Waals surface area contributed by atoms with E-state index in [4.69, 9.17) is 0 Å². The summed E-state index contributed by atoms with van der Waals surface area (Å²) in [6.45, 7) is 2.40. The van der Waals surface area contributed by atoms with E-state index < -0.39 is 5.41 Å². The standard InChI is InChI=1S/C62H44N2/c1-61-39-17-16-27-53(61)51-40-44(32-37-57(51)64(61)49-33-29-43(30-34-49)42-18-6-2-7-19-42)45-31-36-56-52(41-45)60-58(63(56)48-24-12-5-13-25-48)38-35-55-59(60)50-26-14-15-28-54(50)62(55,46-20-8-3-9-21-46)47-22-10-4-11-23-47/h2-38,40-41H,39H2,1H3. The Kier molecular flexibility index (Phi) is 8.05. The maximum Gasteiger partial charge on any atom is 0.0715 e. The predicted octanol–water partition coefficient (Wildman–Crippen LogP) is 15.7. The van der Waals surface area contributed by atoms with Gasteiger partial charge in [0.15, 0.2) is 0 Å². The molecule has 0 radical (unpaired) electrons. The van der Waals surface area contributed by atoms with Gasteiger partial charge in [-0.05, 0) is 129 Å². The van der Waals surface area contributed by atoms with Crippen LogP contribution in [0.5, 0.6) is 0 Å². The van der Waals surface area contributed by atoms with Gasteiger partial charge in [-0.1, -0.05) is 182 Å². The van der Waals surface area contributed by atoms with Crippen molar-refractivity contribution in [2.24, 2.45) is 0 Å². The van der Waals surface area contributed by atoms with Gasteiger partial charge >= 0.3 is 0 Å². The molecule has 0 saturated carbocycles. The van der Waals surface area contributed by atoms with Crippen LogP contribution in [-0.4, -0.2) is 10.1 Å². The summed E-state index contributed by atoms with van der Waals surface area (Å²) in [6.07, 6.45) is 7.84. The molecule has 10 aromatic rings. The summed E-state index contributed by atoms with van der Waals surface area (Å²) in [5.41, 5.74) is 20.7. The Bertz CT molecular complexity index is 3470. The van der Waals surface area contributed by atoms with Crippen molar-refractivity contribution >= 4 is 38.8 Å². The van der Waals surface area contributed by atoms with E-state index >= 15 is 0 Å². The lowest BCUT2D eigenvalue weighted by molar-refractivity contribution is 0.607. The molecule has 1 atom stereocenters. The molecule has 0 saturated heterocycles. The number of para-hydroxylation sites is 1. The zero-order chi connectivity index (χ0) is 42.4. The number of hydrogen-bond donors (Lipinski definition) is 0. The van der Waals surface area contributed by atoms with Crippen molar-refractivity contribution in [1.29, 1.82) is 0 Å². The van der Waals surface area contributed by atoms with Gasteiger partial charge in [0.05, 0.1) is 22.0 Å². The molecule has 302 valence electrons. The Morgan fingerprint density at radius 2 is 1.05 bits per heavy atom. The lowest BCUT2D eigenvalue weighted by atomic mass is 9.67. The first-order chi connectivity index (χ1) is 31.6. The molecule has 1 aromatic heterocycles. The lowest BCUT2D eigenvalue weighted by Crippen LogP contribution is -2.40. The minimum absolute atomic E-state index is 0.199. The maximum absolute atomic E-state index is 2.57. The van der Waals surface area contributed by atoms with Gasteiger partial charge in [0.1, 0.15) is 0 Å². The van der Waals surface area contributed by atoms with Crippen molar-refractivity contribution in [2.75, 3.05) is 4.90 Å². The second kappa shape index (κ2) is 14.0. The molecule has 2 heterocycles. The van der Waals surface area contributed by atoms with Gasteiger partial charge in [0.2, 0.25) is 0 Å². The monoisotopic (exact) mass is 816 g/mol. The molecule has 0 amide bonds. The Labute approximate surface area is 374 Å². The Morgan fingerprint density at radius 3 is 1.78 bits per heavy atom. The summed E-state index contributed by atoms with van der Waals surface area (Å²) in [5, 5.41) is 2.54. The van der Waals surface area contributed by atoms with Crippen molar-refractivity contribution < 1.29 is 0 Å². The molecular formula is C62H44N2. The quantitative estimate of drug-likeness (QED) is 0.162. The highest BCUT2D eigenvalue weighted by Crippen LogP contribution is 2.59. The number of hydrogen-bond acceptors (Lipinski definition) is 1. The topological polar surface area (TPSA) is 8.17 Å². The summed E-state index contributed by atoms with van der Waals surface area (Å²) in [4.78, 5) is 2.57. The largest absolute Gasteiger partial charge is 0.331 e. The number of anilines is 2. The summed E-state index contributed by atoms with van der Waals surface area (Å²) >= 11 is 0. The molecule has 1 aliphatic heterocycles. The first-order valence-electron chi connectivity index (χ1n) is 22.5. The van der Waals surface area contributed by atoms with Gasteiger partial charge in [-0.2, -0.15) is 0 Å².